The predicted octanol–water partition coefficient (Wildman–Crippen LogP) is 5.84. The predicted molar refractivity (Wildman–Crippen MR) is 115 cm³/mol. The van der Waals surface area contributed by atoms with Crippen LogP contribution in [0.25, 0.3) is 28.5 Å². The fourth-order valence-electron chi connectivity index (χ4n) is 2.94. The molecule has 0 aliphatic carbocycles. The lowest BCUT2D eigenvalue weighted by molar-refractivity contribution is -0.111. The van der Waals surface area contributed by atoms with E-state index in [4.69, 9.17) is 11.6 Å². The van der Waals surface area contributed by atoms with Gasteiger partial charge in [-0.1, -0.05) is 54.1 Å². The zero-order valence-corrected chi connectivity index (χ0v) is 16.0. The summed E-state index contributed by atoms with van der Waals surface area (Å²) in [6.45, 7) is 1.96. The second kappa shape index (κ2) is 7.71. The third-order valence-corrected chi connectivity index (χ3v) is 4.80. The van der Waals surface area contributed by atoms with E-state index >= 15 is 0 Å². The molecule has 0 saturated heterocycles. The molecule has 1 amide bonds. The van der Waals surface area contributed by atoms with Gasteiger partial charge >= 0.3 is 0 Å². The number of aromatic nitrogens is 2. The largest absolute Gasteiger partial charge is 0.338 e. The highest BCUT2D eigenvalue weighted by Gasteiger charge is 2.08. The lowest BCUT2D eigenvalue weighted by Gasteiger charge is -2.04. The van der Waals surface area contributed by atoms with Crippen molar-refractivity contribution in [2.45, 2.75) is 6.92 Å². The number of halogens is 1. The summed E-state index contributed by atoms with van der Waals surface area (Å²) in [5.74, 6) is 0.542. The van der Waals surface area contributed by atoms with Gasteiger partial charge in [0.25, 0.3) is 0 Å². The number of hydrogen-bond acceptors (Lipinski definition) is 2. The number of hydrogen-bond donors (Lipinski definition) is 2. The molecule has 28 heavy (non-hydrogen) atoms. The minimum absolute atomic E-state index is 0.187. The second-order valence-electron chi connectivity index (χ2n) is 6.52. The first-order valence-electron chi connectivity index (χ1n) is 8.89. The van der Waals surface area contributed by atoms with E-state index in [9.17, 15) is 4.79 Å². The first-order valence-corrected chi connectivity index (χ1v) is 9.27. The number of fused-ring (bicyclic) bond motifs is 1. The lowest BCUT2D eigenvalue weighted by atomic mass is 10.2. The average Bonchev–Trinajstić information content (AvgIpc) is 3.10. The number of aromatic amines is 1. The summed E-state index contributed by atoms with van der Waals surface area (Å²) in [6, 6.07) is 21.1. The van der Waals surface area contributed by atoms with Crippen LogP contribution in [-0.4, -0.2) is 15.9 Å². The summed E-state index contributed by atoms with van der Waals surface area (Å²) in [5.41, 5.74) is 5.30. The summed E-state index contributed by atoms with van der Waals surface area (Å²) < 4.78 is 0. The van der Waals surface area contributed by atoms with E-state index < -0.39 is 0 Å². The van der Waals surface area contributed by atoms with Crippen LogP contribution in [0.15, 0.2) is 72.8 Å². The molecule has 4 nitrogen and oxygen atoms in total. The van der Waals surface area contributed by atoms with Gasteiger partial charge in [0, 0.05) is 22.3 Å². The van der Waals surface area contributed by atoms with Crippen molar-refractivity contribution in [3.8, 4) is 11.4 Å². The molecule has 4 rings (SSSR count). The zero-order valence-electron chi connectivity index (χ0n) is 15.2. The number of nitrogens with zero attached hydrogens (tertiary/aromatic N) is 1. The number of aryl methyl sites for hydroxylation is 1. The van der Waals surface area contributed by atoms with Crippen molar-refractivity contribution >= 4 is 40.3 Å². The van der Waals surface area contributed by atoms with Gasteiger partial charge in [0.05, 0.1) is 11.0 Å². The van der Waals surface area contributed by atoms with E-state index in [1.165, 1.54) is 6.08 Å². The first kappa shape index (κ1) is 18.0. The van der Waals surface area contributed by atoms with Gasteiger partial charge < -0.3 is 10.3 Å². The van der Waals surface area contributed by atoms with Gasteiger partial charge in [0.2, 0.25) is 5.91 Å². The van der Waals surface area contributed by atoms with Crippen molar-refractivity contribution in [1.82, 2.24) is 9.97 Å². The number of nitrogens with one attached hydrogen (secondary N) is 2. The molecule has 0 radical (unpaired) electrons. The van der Waals surface area contributed by atoms with E-state index in [1.54, 1.807) is 6.08 Å². The molecule has 0 spiro atoms. The SMILES string of the molecule is Cc1cc2[nH]c(-c3cccc(NC(=O)/C=C/c4ccccc4)c3)nc2cc1Cl. The summed E-state index contributed by atoms with van der Waals surface area (Å²) >= 11 is 6.19. The summed E-state index contributed by atoms with van der Waals surface area (Å²) in [6.07, 6.45) is 3.30. The Labute approximate surface area is 167 Å². The number of imidazole rings is 1. The molecule has 0 aliphatic heterocycles. The van der Waals surface area contributed by atoms with Crippen molar-refractivity contribution < 1.29 is 4.79 Å². The number of carbonyl (C=O) groups is 1. The van der Waals surface area contributed by atoms with Gasteiger partial charge in [-0.2, -0.15) is 0 Å². The van der Waals surface area contributed by atoms with Crippen LogP contribution in [0.1, 0.15) is 11.1 Å². The normalized spacial score (nSPS) is 11.2. The van der Waals surface area contributed by atoms with Gasteiger partial charge in [-0.3, -0.25) is 4.79 Å². The van der Waals surface area contributed by atoms with Crippen LogP contribution in [0.5, 0.6) is 0 Å². The number of H-pyrrole nitrogens is 1. The number of anilines is 1. The van der Waals surface area contributed by atoms with E-state index in [0.29, 0.717) is 10.7 Å². The molecule has 0 atom stereocenters. The van der Waals surface area contributed by atoms with Crippen LogP contribution < -0.4 is 5.32 Å². The topological polar surface area (TPSA) is 57.8 Å². The Balaban J connectivity index is 1.54. The van der Waals surface area contributed by atoms with Crippen LogP contribution in [0.2, 0.25) is 5.02 Å². The number of amides is 1. The lowest BCUT2D eigenvalue weighted by Crippen LogP contribution is -2.07. The Hall–Kier alpha value is -3.37. The van der Waals surface area contributed by atoms with E-state index in [-0.39, 0.29) is 5.91 Å². The molecule has 5 heteroatoms. The molecule has 0 fully saturated rings. The van der Waals surface area contributed by atoms with E-state index in [2.05, 4.69) is 15.3 Å². The summed E-state index contributed by atoms with van der Waals surface area (Å²) in [7, 11) is 0. The van der Waals surface area contributed by atoms with Crippen LogP contribution in [-0.2, 0) is 4.79 Å². The van der Waals surface area contributed by atoms with Gasteiger partial charge in [0.15, 0.2) is 0 Å². The molecular weight excluding hydrogens is 370 g/mol. The van der Waals surface area contributed by atoms with Crippen molar-refractivity contribution in [2.24, 2.45) is 0 Å². The minimum atomic E-state index is -0.187. The quantitative estimate of drug-likeness (QED) is 0.432. The number of rotatable bonds is 4. The fourth-order valence-corrected chi connectivity index (χ4v) is 3.10. The highest BCUT2D eigenvalue weighted by Crippen LogP contribution is 2.26. The maximum Gasteiger partial charge on any atom is 0.248 e. The molecule has 0 bridgehead atoms. The Morgan fingerprint density at radius 2 is 1.89 bits per heavy atom. The third-order valence-electron chi connectivity index (χ3n) is 4.39. The van der Waals surface area contributed by atoms with E-state index in [0.717, 1.165) is 33.5 Å². The maximum atomic E-state index is 12.2. The van der Waals surface area contributed by atoms with Crippen molar-refractivity contribution in [3.63, 3.8) is 0 Å². The summed E-state index contributed by atoms with van der Waals surface area (Å²) in [5, 5.41) is 3.58. The van der Waals surface area contributed by atoms with Gasteiger partial charge in [-0.25, -0.2) is 4.98 Å². The van der Waals surface area contributed by atoms with Gasteiger partial charge in [0.1, 0.15) is 5.82 Å². The average molecular weight is 388 g/mol. The first-order chi connectivity index (χ1) is 13.6. The van der Waals surface area contributed by atoms with Crippen LogP contribution in [0.3, 0.4) is 0 Å². The number of carbonyl (C=O) groups excluding carboxylic acids is 1. The molecule has 1 aromatic heterocycles. The fraction of sp³-hybridized carbons (Fsp3) is 0.0435. The number of benzene rings is 3. The monoisotopic (exact) mass is 387 g/mol. The molecule has 3 aromatic carbocycles. The highest BCUT2D eigenvalue weighted by molar-refractivity contribution is 6.32. The molecule has 0 aliphatic rings. The molecular formula is C23H18ClN3O. The Bertz CT molecular complexity index is 1140. The molecule has 0 unspecified atom stereocenters. The Kier molecular flexibility index (Phi) is 4.96. The maximum absolute atomic E-state index is 12.2. The molecule has 0 saturated carbocycles. The Morgan fingerprint density at radius 1 is 1.07 bits per heavy atom. The molecule has 4 aromatic rings. The standard InChI is InChI=1S/C23H18ClN3O/c1-15-12-20-21(14-19(15)24)27-23(26-20)17-8-5-9-18(13-17)25-22(28)11-10-16-6-3-2-4-7-16/h2-14H,1H3,(H,25,28)(H,26,27)/b11-10+. The van der Waals surface area contributed by atoms with Crippen LogP contribution in [0, 0.1) is 6.92 Å². The van der Waals surface area contributed by atoms with Crippen molar-refractivity contribution in [3.05, 3.63) is 89.0 Å². The van der Waals surface area contributed by atoms with Gasteiger partial charge in [-0.05, 0) is 48.4 Å². The van der Waals surface area contributed by atoms with Crippen molar-refractivity contribution in [2.75, 3.05) is 5.32 Å². The highest BCUT2D eigenvalue weighted by atomic mass is 35.5. The van der Waals surface area contributed by atoms with Gasteiger partial charge in [-0.15, -0.1) is 0 Å². The minimum Gasteiger partial charge on any atom is -0.338 e. The second-order valence-corrected chi connectivity index (χ2v) is 6.93. The Morgan fingerprint density at radius 3 is 2.71 bits per heavy atom. The summed E-state index contributed by atoms with van der Waals surface area (Å²) in [4.78, 5) is 20.1. The molecule has 138 valence electrons. The smallest absolute Gasteiger partial charge is 0.248 e. The molecule has 1 heterocycles. The van der Waals surface area contributed by atoms with Crippen LogP contribution in [0.4, 0.5) is 5.69 Å². The zero-order chi connectivity index (χ0) is 19.5. The van der Waals surface area contributed by atoms with E-state index in [1.807, 2.05) is 73.7 Å². The van der Waals surface area contributed by atoms with Crippen molar-refractivity contribution in [1.29, 1.82) is 0 Å². The van der Waals surface area contributed by atoms with Crippen LogP contribution >= 0.6 is 11.6 Å². The molecule has 2 N–H and O–H groups in total. The third kappa shape index (κ3) is 3.97.